The number of carbonyl (C=O) groups is 1. The van der Waals surface area contributed by atoms with Crippen LogP contribution in [0.4, 0.5) is 4.79 Å². The number of aromatic nitrogens is 2. The summed E-state index contributed by atoms with van der Waals surface area (Å²) < 4.78 is 5.35. The van der Waals surface area contributed by atoms with E-state index < -0.39 is 0 Å². The van der Waals surface area contributed by atoms with Crippen molar-refractivity contribution in [2.24, 2.45) is 0 Å². The third kappa shape index (κ3) is 5.10. The maximum atomic E-state index is 12.4. The summed E-state index contributed by atoms with van der Waals surface area (Å²) >= 11 is 0. The minimum atomic E-state index is -0.172. The molecule has 2 N–H and O–H groups in total. The van der Waals surface area contributed by atoms with E-state index >= 15 is 0 Å². The summed E-state index contributed by atoms with van der Waals surface area (Å²) in [5.41, 5.74) is 1.76. The fraction of sp³-hybridized carbons (Fsp3) is 0.571. The van der Waals surface area contributed by atoms with Gasteiger partial charge >= 0.3 is 6.03 Å². The Hall–Kier alpha value is -2.41. The Bertz CT molecular complexity index is 792. The van der Waals surface area contributed by atoms with Crippen molar-refractivity contribution < 1.29 is 9.32 Å². The van der Waals surface area contributed by atoms with E-state index in [9.17, 15) is 4.79 Å². The number of urea groups is 1. The molecule has 2 heterocycles. The molecular weight excluding hydrogens is 354 g/mol. The van der Waals surface area contributed by atoms with Crippen molar-refractivity contribution >= 4 is 6.03 Å². The second-order valence-corrected chi connectivity index (χ2v) is 8.78. The molecule has 7 heteroatoms. The van der Waals surface area contributed by atoms with Gasteiger partial charge in [0.2, 0.25) is 11.7 Å². The highest BCUT2D eigenvalue weighted by Crippen LogP contribution is 2.24. The molecule has 7 nitrogen and oxygen atoms in total. The van der Waals surface area contributed by atoms with E-state index in [4.69, 9.17) is 4.52 Å². The van der Waals surface area contributed by atoms with Crippen LogP contribution in [0.1, 0.15) is 52.5 Å². The lowest BCUT2D eigenvalue weighted by Crippen LogP contribution is -2.41. The first kappa shape index (κ1) is 20.3. The maximum Gasteiger partial charge on any atom is 0.317 e. The fourth-order valence-corrected chi connectivity index (χ4v) is 3.26. The van der Waals surface area contributed by atoms with Crippen molar-refractivity contribution in [3.8, 4) is 11.4 Å². The summed E-state index contributed by atoms with van der Waals surface area (Å²) in [6, 6.07) is 8.69. The first-order valence-electron chi connectivity index (χ1n) is 9.94. The molecule has 28 heavy (non-hydrogen) atoms. The molecule has 2 amide bonds. The Labute approximate surface area is 166 Å². The first-order valence-corrected chi connectivity index (χ1v) is 9.94. The van der Waals surface area contributed by atoms with Crippen LogP contribution in [0.3, 0.4) is 0 Å². The number of nitrogens with one attached hydrogen (secondary N) is 2. The largest absolute Gasteiger partial charge is 0.338 e. The fourth-order valence-electron chi connectivity index (χ4n) is 3.26. The first-order chi connectivity index (χ1) is 13.2. The number of rotatable bonds is 5. The van der Waals surface area contributed by atoms with Crippen LogP contribution in [0, 0.1) is 0 Å². The van der Waals surface area contributed by atoms with Gasteiger partial charge in [0.15, 0.2) is 0 Å². The van der Waals surface area contributed by atoms with Gasteiger partial charge in [-0.15, -0.1) is 0 Å². The SMILES string of the molecule is CC(C)N[C@H]1CCN(C(=O)NCc2ccc(-c3noc(C(C)(C)C)n3)cc2)C1. The van der Waals surface area contributed by atoms with Gasteiger partial charge in [-0.3, -0.25) is 0 Å². The van der Waals surface area contributed by atoms with Crippen LogP contribution in [-0.2, 0) is 12.0 Å². The monoisotopic (exact) mass is 385 g/mol. The molecule has 1 atom stereocenters. The van der Waals surface area contributed by atoms with E-state index in [1.807, 2.05) is 49.9 Å². The van der Waals surface area contributed by atoms with Crippen molar-refractivity contribution in [3.05, 3.63) is 35.7 Å². The highest BCUT2D eigenvalue weighted by Gasteiger charge is 2.26. The minimum Gasteiger partial charge on any atom is -0.338 e. The summed E-state index contributed by atoms with van der Waals surface area (Å²) in [6.07, 6.45) is 1.00. The van der Waals surface area contributed by atoms with E-state index in [-0.39, 0.29) is 11.4 Å². The molecule has 1 saturated heterocycles. The Kier molecular flexibility index (Phi) is 6.03. The molecule has 1 aromatic heterocycles. The molecule has 1 aliphatic rings. The van der Waals surface area contributed by atoms with Crippen molar-refractivity contribution in [1.82, 2.24) is 25.7 Å². The van der Waals surface area contributed by atoms with Crippen molar-refractivity contribution in [3.63, 3.8) is 0 Å². The van der Waals surface area contributed by atoms with Crippen molar-refractivity contribution in [1.29, 1.82) is 0 Å². The zero-order valence-corrected chi connectivity index (χ0v) is 17.5. The molecule has 152 valence electrons. The second-order valence-electron chi connectivity index (χ2n) is 8.78. The third-order valence-corrected chi connectivity index (χ3v) is 4.77. The summed E-state index contributed by atoms with van der Waals surface area (Å²) in [7, 11) is 0. The topological polar surface area (TPSA) is 83.3 Å². The van der Waals surface area contributed by atoms with Crippen LogP contribution in [0.5, 0.6) is 0 Å². The number of hydrogen-bond acceptors (Lipinski definition) is 5. The summed E-state index contributed by atoms with van der Waals surface area (Å²) in [5, 5.41) is 10.6. The van der Waals surface area contributed by atoms with Gasteiger partial charge in [-0.25, -0.2) is 4.79 Å². The quantitative estimate of drug-likeness (QED) is 0.825. The number of hydrogen-bond donors (Lipinski definition) is 2. The molecule has 2 aromatic rings. The molecular formula is C21H31N5O2. The average Bonchev–Trinajstić information content (AvgIpc) is 3.29. The lowest BCUT2D eigenvalue weighted by Gasteiger charge is -2.19. The minimum absolute atomic E-state index is 0.00915. The Morgan fingerprint density at radius 2 is 2.00 bits per heavy atom. The Balaban J connectivity index is 1.52. The molecule has 0 radical (unpaired) electrons. The Morgan fingerprint density at radius 3 is 2.61 bits per heavy atom. The molecule has 0 bridgehead atoms. The van der Waals surface area contributed by atoms with E-state index in [1.54, 1.807) is 0 Å². The van der Waals surface area contributed by atoms with Gasteiger partial charge in [-0.05, 0) is 12.0 Å². The van der Waals surface area contributed by atoms with E-state index in [1.165, 1.54) is 0 Å². The van der Waals surface area contributed by atoms with Gasteiger partial charge in [0, 0.05) is 42.7 Å². The predicted octanol–water partition coefficient (Wildman–Crippen LogP) is 3.32. The molecule has 1 aliphatic heterocycles. The summed E-state index contributed by atoms with van der Waals surface area (Å²) in [5.74, 6) is 1.20. The van der Waals surface area contributed by atoms with E-state index in [0.717, 1.165) is 30.6 Å². The van der Waals surface area contributed by atoms with Crippen LogP contribution in [-0.4, -0.2) is 46.2 Å². The zero-order valence-electron chi connectivity index (χ0n) is 17.5. The van der Waals surface area contributed by atoms with Crippen LogP contribution >= 0.6 is 0 Å². The number of likely N-dealkylation sites (tertiary alicyclic amines) is 1. The predicted molar refractivity (Wildman–Crippen MR) is 109 cm³/mol. The third-order valence-electron chi connectivity index (χ3n) is 4.77. The Morgan fingerprint density at radius 1 is 1.29 bits per heavy atom. The summed E-state index contributed by atoms with van der Waals surface area (Å²) in [4.78, 5) is 18.7. The number of carbonyl (C=O) groups excluding carboxylic acids is 1. The van der Waals surface area contributed by atoms with Gasteiger partial charge in [0.05, 0.1) is 0 Å². The van der Waals surface area contributed by atoms with Crippen molar-refractivity contribution in [2.75, 3.05) is 13.1 Å². The smallest absolute Gasteiger partial charge is 0.317 e. The van der Waals surface area contributed by atoms with Gasteiger partial charge < -0.3 is 20.1 Å². The van der Waals surface area contributed by atoms with Gasteiger partial charge in [-0.1, -0.05) is 64.0 Å². The second kappa shape index (κ2) is 8.31. The molecule has 0 saturated carbocycles. The lowest BCUT2D eigenvalue weighted by molar-refractivity contribution is 0.207. The van der Waals surface area contributed by atoms with Crippen molar-refractivity contribution in [2.45, 2.75) is 65.1 Å². The molecule has 1 fully saturated rings. The number of benzene rings is 1. The van der Waals surface area contributed by atoms with Gasteiger partial charge in [0.25, 0.3) is 0 Å². The maximum absolute atomic E-state index is 12.4. The highest BCUT2D eigenvalue weighted by atomic mass is 16.5. The highest BCUT2D eigenvalue weighted by molar-refractivity contribution is 5.74. The molecule has 0 spiro atoms. The van der Waals surface area contributed by atoms with Crippen LogP contribution in [0.15, 0.2) is 28.8 Å². The van der Waals surface area contributed by atoms with Crippen LogP contribution in [0.2, 0.25) is 0 Å². The van der Waals surface area contributed by atoms with E-state index in [2.05, 4.69) is 34.6 Å². The average molecular weight is 386 g/mol. The van der Waals surface area contributed by atoms with Crippen LogP contribution in [0.25, 0.3) is 11.4 Å². The van der Waals surface area contributed by atoms with Crippen LogP contribution < -0.4 is 10.6 Å². The lowest BCUT2D eigenvalue weighted by atomic mass is 9.97. The molecule has 3 rings (SSSR count). The molecule has 1 aromatic carbocycles. The van der Waals surface area contributed by atoms with Gasteiger partial charge in [0.1, 0.15) is 0 Å². The number of nitrogens with zero attached hydrogens (tertiary/aromatic N) is 3. The molecule has 0 aliphatic carbocycles. The number of amides is 2. The summed E-state index contributed by atoms with van der Waals surface area (Å²) in [6.45, 7) is 12.4. The standard InChI is InChI=1S/C21H31N5O2/c1-14(2)23-17-10-11-26(13-17)20(27)22-12-15-6-8-16(9-7-15)18-24-19(28-25-18)21(3,4)5/h6-9,14,17,23H,10-13H2,1-5H3,(H,22,27)/t17-/m0/s1. The normalized spacial score (nSPS) is 17.4. The van der Waals surface area contributed by atoms with Gasteiger partial charge in [-0.2, -0.15) is 4.98 Å². The molecule has 0 unspecified atom stereocenters. The van der Waals surface area contributed by atoms with E-state index in [0.29, 0.717) is 30.3 Å². The zero-order chi connectivity index (χ0) is 20.3.